The molecule has 22 heavy (non-hydrogen) atoms. The van der Waals surface area contributed by atoms with Crippen LogP contribution in [0.15, 0.2) is 29.2 Å². The van der Waals surface area contributed by atoms with Crippen molar-refractivity contribution in [2.75, 3.05) is 26.3 Å². The standard InChI is InChI=1S/C16H25NO4S/c1-13-5-7-15(8-6-13)22(18,19)21-12-14-11-17(9-10-20-14)16(2,3)4/h5-8,14H,9-12H2,1-4H3/t14-/m0/s1. The van der Waals surface area contributed by atoms with Crippen molar-refractivity contribution < 1.29 is 17.3 Å². The summed E-state index contributed by atoms with van der Waals surface area (Å²) in [5.74, 6) is 0. The van der Waals surface area contributed by atoms with Gasteiger partial charge in [-0.25, -0.2) is 0 Å². The van der Waals surface area contributed by atoms with Crippen LogP contribution in [0.2, 0.25) is 0 Å². The van der Waals surface area contributed by atoms with Crippen LogP contribution in [-0.2, 0) is 19.0 Å². The van der Waals surface area contributed by atoms with Crippen molar-refractivity contribution in [3.63, 3.8) is 0 Å². The van der Waals surface area contributed by atoms with E-state index in [9.17, 15) is 8.42 Å². The van der Waals surface area contributed by atoms with Gasteiger partial charge in [0.25, 0.3) is 10.1 Å². The highest BCUT2D eigenvalue weighted by Crippen LogP contribution is 2.19. The third-order valence-corrected chi connectivity index (χ3v) is 5.10. The van der Waals surface area contributed by atoms with Gasteiger partial charge >= 0.3 is 0 Å². The molecule has 0 N–H and O–H groups in total. The summed E-state index contributed by atoms with van der Waals surface area (Å²) in [6.45, 7) is 10.5. The molecule has 1 saturated heterocycles. The number of aryl methyl sites for hydroxylation is 1. The molecule has 1 aromatic rings. The zero-order valence-corrected chi connectivity index (χ0v) is 14.5. The molecule has 0 aliphatic carbocycles. The SMILES string of the molecule is Cc1ccc(S(=O)(=O)OC[C@@H]2CN(C(C)(C)C)CCO2)cc1. The highest BCUT2D eigenvalue weighted by atomic mass is 32.2. The first-order chi connectivity index (χ1) is 10.2. The van der Waals surface area contributed by atoms with Crippen LogP contribution in [0.25, 0.3) is 0 Å². The summed E-state index contributed by atoms with van der Waals surface area (Å²) in [4.78, 5) is 2.46. The summed E-state index contributed by atoms with van der Waals surface area (Å²) in [5.41, 5.74) is 1.05. The molecule has 0 amide bonds. The van der Waals surface area contributed by atoms with Crippen LogP contribution < -0.4 is 0 Å². The van der Waals surface area contributed by atoms with E-state index in [1.165, 1.54) is 0 Å². The number of hydrogen-bond donors (Lipinski definition) is 0. The van der Waals surface area contributed by atoms with Gasteiger partial charge in [-0.2, -0.15) is 8.42 Å². The smallest absolute Gasteiger partial charge is 0.297 e. The first kappa shape index (κ1) is 17.4. The van der Waals surface area contributed by atoms with Crippen molar-refractivity contribution in [1.29, 1.82) is 0 Å². The summed E-state index contributed by atoms with van der Waals surface area (Å²) in [6.07, 6.45) is -0.229. The molecule has 124 valence electrons. The second-order valence-electron chi connectivity index (χ2n) is 6.66. The van der Waals surface area contributed by atoms with Crippen LogP contribution in [0.5, 0.6) is 0 Å². The van der Waals surface area contributed by atoms with Gasteiger partial charge in [0.2, 0.25) is 0 Å². The first-order valence-electron chi connectivity index (χ1n) is 7.51. The summed E-state index contributed by atoms with van der Waals surface area (Å²) in [6, 6.07) is 6.64. The van der Waals surface area contributed by atoms with E-state index in [0.717, 1.165) is 12.1 Å². The van der Waals surface area contributed by atoms with Crippen LogP contribution in [0, 0.1) is 6.92 Å². The minimum absolute atomic E-state index is 0.0395. The second-order valence-corrected chi connectivity index (χ2v) is 8.28. The molecule has 1 aromatic carbocycles. The molecule has 5 nitrogen and oxygen atoms in total. The van der Waals surface area contributed by atoms with Gasteiger partial charge in [-0.05, 0) is 39.8 Å². The van der Waals surface area contributed by atoms with E-state index < -0.39 is 10.1 Å². The highest BCUT2D eigenvalue weighted by Gasteiger charge is 2.29. The predicted octanol–water partition coefficient (Wildman–Crippen LogP) is 2.20. The molecule has 0 aromatic heterocycles. The van der Waals surface area contributed by atoms with Crippen LogP contribution in [0.1, 0.15) is 26.3 Å². The summed E-state index contributed by atoms with van der Waals surface area (Å²) >= 11 is 0. The van der Waals surface area contributed by atoms with Crippen molar-refractivity contribution in [3.8, 4) is 0 Å². The van der Waals surface area contributed by atoms with E-state index in [-0.39, 0.29) is 23.1 Å². The van der Waals surface area contributed by atoms with Crippen molar-refractivity contribution >= 4 is 10.1 Å². The highest BCUT2D eigenvalue weighted by molar-refractivity contribution is 7.86. The second kappa shape index (κ2) is 6.66. The maximum absolute atomic E-state index is 12.2. The molecule has 0 unspecified atom stereocenters. The van der Waals surface area contributed by atoms with Crippen molar-refractivity contribution in [2.24, 2.45) is 0 Å². The largest absolute Gasteiger partial charge is 0.373 e. The van der Waals surface area contributed by atoms with E-state index in [0.29, 0.717) is 13.2 Å². The Bertz CT molecular complexity index is 590. The van der Waals surface area contributed by atoms with E-state index in [1.807, 2.05) is 6.92 Å². The number of morpholine rings is 1. The predicted molar refractivity (Wildman–Crippen MR) is 85.4 cm³/mol. The van der Waals surface area contributed by atoms with E-state index in [1.54, 1.807) is 24.3 Å². The molecule has 0 spiro atoms. The van der Waals surface area contributed by atoms with E-state index >= 15 is 0 Å². The number of ether oxygens (including phenoxy) is 1. The van der Waals surface area contributed by atoms with Gasteiger partial charge in [0.1, 0.15) is 0 Å². The van der Waals surface area contributed by atoms with Crippen LogP contribution >= 0.6 is 0 Å². The van der Waals surface area contributed by atoms with Gasteiger partial charge in [-0.1, -0.05) is 17.7 Å². The summed E-state index contributed by atoms with van der Waals surface area (Å²) in [5, 5.41) is 0. The van der Waals surface area contributed by atoms with Gasteiger partial charge in [0.05, 0.1) is 24.2 Å². The molecule has 0 radical (unpaired) electrons. The van der Waals surface area contributed by atoms with Gasteiger partial charge < -0.3 is 4.74 Å². The minimum atomic E-state index is -3.73. The number of benzene rings is 1. The van der Waals surface area contributed by atoms with Crippen molar-refractivity contribution in [1.82, 2.24) is 4.90 Å². The molecule has 0 saturated carbocycles. The molecule has 1 aliphatic rings. The quantitative estimate of drug-likeness (QED) is 0.794. The zero-order valence-electron chi connectivity index (χ0n) is 13.7. The lowest BCUT2D eigenvalue weighted by Gasteiger charge is -2.41. The Balaban J connectivity index is 1.96. The third kappa shape index (κ3) is 4.52. The zero-order chi connectivity index (χ0) is 16.4. The Morgan fingerprint density at radius 3 is 2.50 bits per heavy atom. The van der Waals surface area contributed by atoms with Crippen LogP contribution in [0.3, 0.4) is 0 Å². The van der Waals surface area contributed by atoms with Gasteiger partial charge in [0, 0.05) is 18.6 Å². The monoisotopic (exact) mass is 327 g/mol. The average Bonchev–Trinajstić information content (AvgIpc) is 2.45. The Kier molecular flexibility index (Phi) is 5.27. The summed E-state index contributed by atoms with van der Waals surface area (Å²) in [7, 11) is -3.73. The number of hydrogen-bond acceptors (Lipinski definition) is 5. The van der Waals surface area contributed by atoms with Crippen molar-refractivity contribution in [3.05, 3.63) is 29.8 Å². The molecule has 1 atom stereocenters. The Labute approximate surface area is 133 Å². The maximum Gasteiger partial charge on any atom is 0.297 e. The van der Waals surface area contributed by atoms with Gasteiger partial charge in [0.15, 0.2) is 0 Å². The molecule has 6 heteroatoms. The molecule has 2 rings (SSSR count). The van der Waals surface area contributed by atoms with Gasteiger partial charge in [-0.3, -0.25) is 9.08 Å². The molecular weight excluding hydrogens is 302 g/mol. The fraction of sp³-hybridized carbons (Fsp3) is 0.625. The normalized spacial score (nSPS) is 21.0. The molecule has 0 bridgehead atoms. The molecule has 1 aliphatic heterocycles. The fourth-order valence-corrected chi connectivity index (χ4v) is 3.30. The lowest BCUT2D eigenvalue weighted by Crippen LogP contribution is -2.52. The number of nitrogens with zero attached hydrogens (tertiary/aromatic N) is 1. The van der Waals surface area contributed by atoms with E-state index in [4.69, 9.17) is 8.92 Å². The van der Waals surface area contributed by atoms with Crippen LogP contribution in [-0.4, -0.2) is 51.3 Å². The average molecular weight is 327 g/mol. The van der Waals surface area contributed by atoms with Crippen molar-refractivity contribution in [2.45, 2.75) is 44.2 Å². The topological polar surface area (TPSA) is 55.8 Å². The molecule has 1 fully saturated rings. The minimum Gasteiger partial charge on any atom is -0.373 e. The van der Waals surface area contributed by atoms with Gasteiger partial charge in [-0.15, -0.1) is 0 Å². The molecular formula is C16H25NO4S. The lowest BCUT2D eigenvalue weighted by molar-refractivity contribution is -0.0721. The summed E-state index contributed by atoms with van der Waals surface area (Å²) < 4.78 is 35.1. The third-order valence-electron chi connectivity index (χ3n) is 3.81. The molecule has 1 heterocycles. The van der Waals surface area contributed by atoms with Crippen LogP contribution in [0.4, 0.5) is 0 Å². The number of rotatable bonds is 4. The maximum atomic E-state index is 12.2. The van der Waals surface area contributed by atoms with E-state index in [2.05, 4.69) is 25.7 Å². The Morgan fingerprint density at radius 1 is 1.27 bits per heavy atom. The Hall–Kier alpha value is -0.950. The lowest BCUT2D eigenvalue weighted by atomic mass is 10.0. The fourth-order valence-electron chi connectivity index (χ4n) is 2.37. The first-order valence-corrected chi connectivity index (χ1v) is 8.92. The Morgan fingerprint density at radius 2 is 1.91 bits per heavy atom.